The molecule has 0 aliphatic rings. The molecular formula is C15H11NO5. The summed E-state index contributed by atoms with van der Waals surface area (Å²) in [6.07, 6.45) is 1.37. The number of carbonyl (C=O) groups is 1. The van der Waals surface area contributed by atoms with Gasteiger partial charge in [0.15, 0.2) is 17.5 Å². The fourth-order valence-electron chi connectivity index (χ4n) is 1.94. The van der Waals surface area contributed by atoms with E-state index in [0.29, 0.717) is 5.69 Å². The molecule has 0 atom stereocenters. The quantitative estimate of drug-likeness (QED) is 0.571. The molecule has 0 saturated heterocycles. The van der Waals surface area contributed by atoms with Gasteiger partial charge in [0, 0.05) is 12.1 Å². The molecule has 0 spiro atoms. The Morgan fingerprint density at radius 2 is 1.71 bits per heavy atom. The van der Waals surface area contributed by atoms with E-state index >= 15 is 0 Å². The summed E-state index contributed by atoms with van der Waals surface area (Å²) < 4.78 is 11.4. The molecule has 0 amide bonds. The van der Waals surface area contributed by atoms with Crippen molar-refractivity contribution in [3.8, 4) is 23.2 Å². The number of para-hydroxylation sites is 2. The molecule has 0 unspecified atom stereocenters. The summed E-state index contributed by atoms with van der Waals surface area (Å²) in [5.41, 5.74) is 0.331. The third kappa shape index (κ3) is 2.34. The van der Waals surface area contributed by atoms with Crippen molar-refractivity contribution in [1.29, 1.82) is 0 Å². The number of furan rings is 1. The average Bonchev–Trinajstić information content (AvgIpc) is 3.11. The molecule has 0 aliphatic heterocycles. The maximum absolute atomic E-state index is 11.9. The van der Waals surface area contributed by atoms with E-state index in [-0.39, 0.29) is 23.3 Å². The smallest absolute Gasteiger partial charge is 0.379 e. The van der Waals surface area contributed by atoms with Crippen LogP contribution in [0.5, 0.6) is 17.5 Å². The molecule has 2 N–H and O–H groups in total. The lowest BCUT2D eigenvalue weighted by molar-refractivity contribution is 0.0700. The van der Waals surface area contributed by atoms with E-state index < -0.39 is 5.97 Å². The summed E-state index contributed by atoms with van der Waals surface area (Å²) in [6, 6.07) is 12.2. The number of carbonyl (C=O) groups excluding carboxylic acids is 1. The second-order valence-electron chi connectivity index (χ2n) is 4.22. The molecule has 3 aromatic rings. The summed E-state index contributed by atoms with van der Waals surface area (Å²) in [5.74, 6) is -0.770. The SMILES string of the molecule is O=C(Oc1ccccc1-n1c(O)ccc1O)c1ccco1. The zero-order chi connectivity index (χ0) is 14.8. The maximum Gasteiger partial charge on any atom is 0.379 e. The highest BCUT2D eigenvalue weighted by Crippen LogP contribution is 2.32. The molecule has 2 heterocycles. The Bertz CT molecular complexity index is 754. The minimum atomic E-state index is -0.668. The first-order valence-corrected chi connectivity index (χ1v) is 6.11. The Morgan fingerprint density at radius 1 is 1.00 bits per heavy atom. The number of aromatic nitrogens is 1. The van der Waals surface area contributed by atoms with Crippen molar-refractivity contribution in [2.45, 2.75) is 0 Å². The average molecular weight is 285 g/mol. The van der Waals surface area contributed by atoms with Gasteiger partial charge >= 0.3 is 5.97 Å². The fraction of sp³-hybridized carbons (Fsp3) is 0. The number of nitrogens with zero attached hydrogens (tertiary/aromatic N) is 1. The van der Waals surface area contributed by atoms with Gasteiger partial charge in [-0.25, -0.2) is 9.36 Å². The van der Waals surface area contributed by atoms with E-state index in [1.165, 1.54) is 24.5 Å². The van der Waals surface area contributed by atoms with E-state index in [1.807, 2.05) is 0 Å². The number of esters is 1. The first-order chi connectivity index (χ1) is 10.2. The van der Waals surface area contributed by atoms with Gasteiger partial charge in [0.05, 0.1) is 12.0 Å². The van der Waals surface area contributed by atoms with Crippen LogP contribution in [-0.4, -0.2) is 20.7 Å². The van der Waals surface area contributed by atoms with E-state index in [2.05, 4.69) is 0 Å². The van der Waals surface area contributed by atoms with Crippen LogP contribution in [-0.2, 0) is 0 Å². The van der Waals surface area contributed by atoms with Gasteiger partial charge < -0.3 is 19.4 Å². The molecule has 0 saturated carbocycles. The first kappa shape index (κ1) is 12.9. The fourth-order valence-corrected chi connectivity index (χ4v) is 1.94. The van der Waals surface area contributed by atoms with Gasteiger partial charge in [-0.1, -0.05) is 12.1 Å². The van der Waals surface area contributed by atoms with Crippen LogP contribution in [0.15, 0.2) is 59.2 Å². The third-order valence-electron chi connectivity index (χ3n) is 2.87. The maximum atomic E-state index is 11.9. The molecule has 3 rings (SSSR count). The first-order valence-electron chi connectivity index (χ1n) is 6.11. The van der Waals surface area contributed by atoms with Crippen LogP contribution in [0.2, 0.25) is 0 Å². The van der Waals surface area contributed by atoms with Crippen molar-refractivity contribution in [3.63, 3.8) is 0 Å². The van der Waals surface area contributed by atoms with Crippen LogP contribution in [0.4, 0.5) is 0 Å². The van der Waals surface area contributed by atoms with E-state index in [1.54, 1.807) is 30.3 Å². The lowest BCUT2D eigenvalue weighted by atomic mass is 10.3. The van der Waals surface area contributed by atoms with Crippen LogP contribution in [0.3, 0.4) is 0 Å². The van der Waals surface area contributed by atoms with E-state index in [4.69, 9.17) is 9.15 Å². The van der Waals surface area contributed by atoms with Gasteiger partial charge in [0.2, 0.25) is 5.76 Å². The van der Waals surface area contributed by atoms with E-state index in [0.717, 1.165) is 4.57 Å². The van der Waals surface area contributed by atoms with Crippen molar-refractivity contribution < 1.29 is 24.2 Å². The normalized spacial score (nSPS) is 10.5. The van der Waals surface area contributed by atoms with Gasteiger partial charge in [-0.2, -0.15) is 0 Å². The monoisotopic (exact) mass is 285 g/mol. The van der Waals surface area contributed by atoms with Crippen LogP contribution in [0.25, 0.3) is 5.69 Å². The molecular weight excluding hydrogens is 274 g/mol. The molecule has 0 fully saturated rings. The van der Waals surface area contributed by atoms with Crippen LogP contribution < -0.4 is 4.74 Å². The minimum absolute atomic E-state index is 0.0609. The predicted molar refractivity (Wildman–Crippen MR) is 72.8 cm³/mol. The van der Waals surface area contributed by atoms with Crippen molar-refractivity contribution in [2.24, 2.45) is 0 Å². The lowest BCUT2D eigenvalue weighted by Crippen LogP contribution is -2.09. The summed E-state index contributed by atoms with van der Waals surface area (Å²) in [4.78, 5) is 11.9. The summed E-state index contributed by atoms with van der Waals surface area (Å²) in [6.45, 7) is 0. The number of hydrogen-bond acceptors (Lipinski definition) is 5. The Kier molecular flexibility index (Phi) is 3.12. The molecule has 0 radical (unpaired) electrons. The zero-order valence-corrected chi connectivity index (χ0v) is 10.8. The largest absolute Gasteiger partial charge is 0.494 e. The second kappa shape index (κ2) is 5.09. The lowest BCUT2D eigenvalue weighted by Gasteiger charge is -2.11. The second-order valence-corrected chi connectivity index (χ2v) is 4.22. The van der Waals surface area contributed by atoms with Crippen LogP contribution >= 0.6 is 0 Å². The molecule has 0 bridgehead atoms. The number of aromatic hydroxyl groups is 2. The van der Waals surface area contributed by atoms with Crippen molar-refractivity contribution in [1.82, 2.24) is 4.57 Å². The highest BCUT2D eigenvalue weighted by molar-refractivity contribution is 5.88. The van der Waals surface area contributed by atoms with Crippen molar-refractivity contribution >= 4 is 5.97 Å². The van der Waals surface area contributed by atoms with E-state index in [9.17, 15) is 15.0 Å². The van der Waals surface area contributed by atoms with Gasteiger partial charge in [-0.15, -0.1) is 0 Å². The Balaban J connectivity index is 1.99. The number of benzene rings is 1. The van der Waals surface area contributed by atoms with Crippen molar-refractivity contribution in [3.05, 3.63) is 60.6 Å². The Labute approximate surface area is 119 Å². The molecule has 6 nitrogen and oxygen atoms in total. The highest BCUT2D eigenvalue weighted by Gasteiger charge is 2.17. The number of hydrogen-bond donors (Lipinski definition) is 2. The highest BCUT2D eigenvalue weighted by atomic mass is 16.5. The number of rotatable bonds is 3. The Morgan fingerprint density at radius 3 is 2.38 bits per heavy atom. The van der Waals surface area contributed by atoms with Gasteiger partial charge in [-0.3, -0.25) is 0 Å². The predicted octanol–water partition coefficient (Wildman–Crippen LogP) is 2.70. The van der Waals surface area contributed by atoms with Gasteiger partial charge in [-0.05, 0) is 24.3 Å². The Hall–Kier alpha value is -3.15. The summed E-state index contributed by atoms with van der Waals surface area (Å²) in [7, 11) is 0. The van der Waals surface area contributed by atoms with Crippen LogP contribution in [0.1, 0.15) is 10.6 Å². The zero-order valence-electron chi connectivity index (χ0n) is 10.8. The standard InChI is InChI=1S/C15H11NO5/c17-13-7-8-14(18)16(13)10-4-1-2-5-11(10)21-15(19)12-6-3-9-20-12/h1-9,17-18H. The molecule has 0 aliphatic carbocycles. The summed E-state index contributed by atoms with van der Waals surface area (Å²) >= 11 is 0. The molecule has 1 aromatic carbocycles. The summed E-state index contributed by atoms with van der Waals surface area (Å²) in [5, 5.41) is 19.5. The number of ether oxygens (including phenoxy) is 1. The van der Waals surface area contributed by atoms with Crippen LogP contribution in [0, 0.1) is 0 Å². The topological polar surface area (TPSA) is 84.8 Å². The minimum Gasteiger partial charge on any atom is -0.494 e. The third-order valence-corrected chi connectivity index (χ3v) is 2.87. The van der Waals surface area contributed by atoms with Gasteiger partial charge in [0.1, 0.15) is 0 Å². The van der Waals surface area contributed by atoms with Gasteiger partial charge in [0.25, 0.3) is 0 Å². The molecule has 21 heavy (non-hydrogen) atoms. The van der Waals surface area contributed by atoms with Crippen molar-refractivity contribution in [2.75, 3.05) is 0 Å². The molecule has 106 valence electrons. The molecule has 6 heteroatoms. The molecule has 2 aromatic heterocycles.